The van der Waals surface area contributed by atoms with Gasteiger partial charge in [-0.1, -0.05) is 6.08 Å². The van der Waals surface area contributed by atoms with Crippen molar-refractivity contribution >= 4 is 0 Å². The molecule has 2 N–H and O–H groups in total. The molecule has 0 rings (SSSR count). The molecule has 0 aliphatic rings. The summed E-state index contributed by atoms with van der Waals surface area (Å²) in [4.78, 5) is 2.02. The lowest BCUT2D eigenvalue weighted by atomic mass is 10.3. The zero-order valence-corrected chi connectivity index (χ0v) is 6.30. The summed E-state index contributed by atoms with van der Waals surface area (Å²) in [5.41, 5.74) is 5.30. The van der Waals surface area contributed by atoms with E-state index in [2.05, 4.69) is 12.3 Å². The van der Waals surface area contributed by atoms with E-state index in [0.29, 0.717) is 0 Å². The number of rotatable bonds is 4. The van der Waals surface area contributed by atoms with Gasteiger partial charge in [-0.05, 0) is 25.6 Å². The highest BCUT2D eigenvalue weighted by molar-refractivity contribution is 4.78. The Morgan fingerprint density at radius 3 is 2.56 bits per heavy atom. The second kappa shape index (κ2) is 5.63. The van der Waals surface area contributed by atoms with Gasteiger partial charge in [0.2, 0.25) is 0 Å². The van der Waals surface area contributed by atoms with Crippen molar-refractivity contribution in [1.82, 2.24) is 4.90 Å². The normalized spacial score (nSPS) is 10.6. The molecule has 2 nitrogen and oxygen atoms in total. The number of nitrogens with two attached hydrogens (primary N) is 1. The van der Waals surface area contributed by atoms with Gasteiger partial charge in [0, 0.05) is 14.1 Å². The van der Waals surface area contributed by atoms with Crippen molar-refractivity contribution in [3.63, 3.8) is 0 Å². The third-order valence-electron chi connectivity index (χ3n) is 0.978. The van der Waals surface area contributed by atoms with E-state index >= 15 is 0 Å². The summed E-state index contributed by atoms with van der Waals surface area (Å²) in [6.45, 7) is 0.789. The van der Waals surface area contributed by atoms with Gasteiger partial charge in [0.15, 0.2) is 0 Å². The molecule has 0 saturated carbocycles. The van der Waals surface area contributed by atoms with Crippen LogP contribution >= 0.6 is 0 Å². The topological polar surface area (TPSA) is 29.3 Å². The van der Waals surface area contributed by atoms with Crippen LogP contribution in [0.3, 0.4) is 0 Å². The first-order valence-corrected chi connectivity index (χ1v) is 3.30. The Bertz CT molecular complexity index is 77.0. The first-order valence-electron chi connectivity index (χ1n) is 3.30. The highest BCUT2D eigenvalue weighted by Gasteiger charge is 1.77. The molecule has 0 unspecified atom stereocenters. The van der Waals surface area contributed by atoms with Crippen molar-refractivity contribution in [2.45, 2.75) is 12.8 Å². The zero-order chi connectivity index (χ0) is 7.11. The average molecular weight is 128 g/mol. The van der Waals surface area contributed by atoms with Gasteiger partial charge in [0.25, 0.3) is 0 Å². The summed E-state index contributed by atoms with van der Waals surface area (Å²) in [7, 11) is 4.03. The van der Waals surface area contributed by atoms with Gasteiger partial charge in [-0.2, -0.15) is 0 Å². The molecule has 0 atom stereocenters. The lowest BCUT2D eigenvalue weighted by Crippen LogP contribution is -2.00. The summed E-state index contributed by atoms with van der Waals surface area (Å²) < 4.78 is 0. The summed E-state index contributed by atoms with van der Waals surface area (Å²) in [6, 6.07) is 0. The minimum absolute atomic E-state index is 0.789. The smallest absolute Gasteiger partial charge is 0.00555 e. The fourth-order valence-electron chi connectivity index (χ4n) is 0.521. The molecular weight excluding hydrogens is 112 g/mol. The van der Waals surface area contributed by atoms with Gasteiger partial charge in [-0.25, -0.2) is 0 Å². The molecule has 0 bridgehead atoms. The Morgan fingerprint density at radius 2 is 2.11 bits per heavy atom. The van der Waals surface area contributed by atoms with E-state index in [1.807, 2.05) is 19.0 Å². The van der Waals surface area contributed by atoms with E-state index in [-0.39, 0.29) is 0 Å². The highest BCUT2D eigenvalue weighted by Crippen LogP contribution is 1.88. The first kappa shape index (κ1) is 8.50. The monoisotopic (exact) mass is 128 g/mol. The molecule has 0 radical (unpaired) electrons. The van der Waals surface area contributed by atoms with Crippen molar-refractivity contribution in [3.05, 3.63) is 12.3 Å². The Hall–Kier alpha value is -0.500. The lowest BCUT2D eigenvalue weighted by molar-refractivity contribution is 0.560. The number of hydrogen-bond donors (Lipinski definition) is 1. The zero-order valence-electron chi connectivity index (χ0n) is 6.30. The maximum atomic E-state index is 5.30. The quantitative estimate of drug-likeness (QED) is 0.567. The molecule has 54 valence electrons. The van der Waals surface area contributed by atoms with E-state index in [9.17, 15) is 0 Å². The fourth-order valence-corrected chi connectivity index (χ4v) is 0.521. The van der Waals surface area contributed by atoms with Crippen molar-refractivity contribution in [2.75, 3.05) is 20.6 Å². The molecule has 0 aromatic rings. The third kappa shape index (κ3) is 7.50. The van der Waals surface area contributed by atoms with Crippen LogP contribution in [0.2, 0.25) is 0 Å². The molecule has 0 aliphatic carbocycles. The molecule has 0 heterocycles. The van der Waals surface area contributed by atoms with E-state index in [0.717, 1.165) is 19.4 Å². The number of unbranched alkanes of at least 4 members (excludes halogenated alkanes) is 1. The minimum atomic E-state index is 0.789. The van der Waals surface area contributed by atoms with Gasteiger partial charge < -0.3 is 10.6 Å². The van der Waals surface area contributed by atoms with E-state index in [4.69, 9.17) is 5.73 Å². The van der Waals surface area contributed by atoms with Crippen LogP contribution < -0.4 is 5.73 Å². The van der Waals surface area contributed by atoms with E-state index < -0.39 is 0 Å². The Labute approximate surface area is 57.3 Å². The van der Waals surface area contributed by atoms with Gasteiger partial charge in [-0.3, -0.25) is 0 Å². The Kier molecular flexibility index (Phi) is 5.32. The first-order chi connectivity index (χ1) is 4.27. The van der Waals surface area contributed by atoms with Gasteiger partial charge in [-0.15, -0.1) is 0 Å². The predicted octanol–water partition coefficient (Wildman–Crippen LogP) is 0.801. The summed E-state index contributed by atoms with van der Waals surface area (Å²) >= 11 is 0. The Morgan fingerprint density at radius 1 is 1.44 bits per heavy atom. The largest absolute Gasteiger partial charge is 0.384 e. The minimum Gasteiger partial charge on any atom is -0.384 e. The van der Waals surface area contributed by atoms with Crippen LogP contribution in [-0.2, 0) is 0 Å². The molecule has 0 saturated heterocycles. The Balaban J connectivity index is 3.04. The van der Waals surface area contributed by atoms with Crippen LogP contribution in [-0.4, -0.2) is 25.5 Å². The molecule has 0 amide bonds. The van der Waals surface area contributed by atoms with Gasteiger partial charge >= 0.3 is 0 Å². The molecular formula is C7H16N2. The lowest BCUT2D eigenvalue weighted by Gasteiger charge is -2.01. The van der Waals surface area contributed by atoms with Crippen LogP contribution in [0.5, 0.6) is 0 Å². The SMILES string of the molecule is CN(C)C=CCCCN. The number of nitrogens with zero attached hydrogens (tertiary/aromatic N) is 1. The second-order valence-corrected chi connectivity index (χ2v) is 2.28. The summed E-state index contributed by atoms with van der Waals surface area (Å²) in [5, 5.41) is 0. The van der Waals surface area contributed by atoms with Crippen LogP contribution in [0.1, 0.15) is 12.8 Å². The molecule has 9 heavy (non-hydrogen) atoms. The van der Waals surface area contributed by atoms with Crippen LogP contribution in [0.4, 0.5) is 0 Å². The standard InChI is InChI=1S/C7H16N2/c1-9(2)7-5-3-4-6-8/h5,7H,3-4,6,8H2,1-2H3. The van der Waals surface area contributed by atoms with E-state index in [1.54, 1.807) is 0 Å². The van der Waals surface area contributed by atoms with Crippen molar-refractivity contribution in [1.29, 1.82) is 0 Å². The molecule has 2 heteroatoms. The van der Waals surface area contributed by atoms with Crippen LogP contribution in [0, 0.1) is 0 Å². The van der Waals surface area contributed by atoms with Gasteiger partial charge in [0.1, 0.15) is 0 Å². The van der Waals surface area contributed by atoms with Crippen LogP contribution in [0.25, 0.3) is 0 Å². The molecule has 0 spiro atoms. The predicted molar refractivity (Wildman–Crippen MR) is 41.1 cm³/mol. The van der Waals surface area contributed by atoms with E-state index in [1.165, 1.54) is 0 Å². The molecule has 0 aromatic carbocycles. The van der Waals surface area contributed by atoms with Crippen molar-refractivity contribution in [3.8, 4) is 0 Å². The number of hydrogen-bond acceptors (Lipinski definition) is 2. The average Bonchev–Trinajstić information content (AvgIpc) is 1.80. The molecule has 0 aromatic heterocycles. The summed E-state index contributed by atoms with van der Waals surface area (Å²) in [5.74, 6) is 0. The second-order valence-electron chi connectivity index (χ2n) is 2.28. The molecule has 0 fully saturated rings. The van der Waals surface area contributed by atoms with Crippen molar-refractivity contribution < 1.29 is 0 Å². The third-order valence-corrected chi connectivity index (χ3v) is 0.978. The van der Waals surface area contributed by atoms with Crippen LogP contribution in [0.15, 0.2) is 12.3 Å². The number of allylic oxidation sites excluding steroid dienone is 1. The maximum Gasteiger partial charge on any atom is 0.00555 e. The fraction of sp³-hybridized carbons (Fsp3) is 0.714. The van der Waals surface area contributed by atoms with Crippen molar-refractivity contribution in [2.24, 2.45) is 5.73 Å². The maximum absolute atomic E-state index is 5.30. The van der Waals surface area contributed by atoms with Gasteiger partial charge in [0.05, 0.1) is 0 Å². The highest BCUT2D eigenvalue weighted by atomic mass is 15.0. The summed E-state index contributed by atoms with van der Waals surface area (Å²) in [6.07, 6.45) is 6.36. The molecule has 0 aliphatic heterocycles.